The molecule has 182 valence electrons. The number of sulfonamides is 1. The number of nitrogens with two attached hydrogens (primary N) is 1. The lowest BCUT2D eigenvalue weighted by molar-refractivity contribution is -0.121. The lowest BCUT2D eigenvalue weighted by Crippen LogP contribution is -2.46. The highest BCUT2D eigenvalue weighted by molar-refractivity contribution is 7.90. The molecule has 3 amide bonds. The van der Waals surface area contributed by atoms with Gasteiger partial charge in [-0.15, -0.1) is 0 Å². The molecule has 12 nitrogen and oxygen atoms in total. The molecule has 1 aliphatic carbocycles. The fraction of sp³-hybridized carbons (Fsp3) is 0.550. The van der Waals surface area contributed by atoms with Crippen LogP contribution in [0, 0.1) is 6.92 Å². The van der Waals surface area contributed by atoms with Crippen molar-refractivity contribution < 1.29 is 18.0 Å². The number of aryl methyl sites for hydroxylation is 1. The van der Waals surface area contributed by atoms with E-state index in [-0.39, 0.29) is 18.2 Å². The Bertz CT molecular complexity index is 1220. The smallest absolute Gasteiger partial charge is 0.324 e. The van der Waals surface area contributed by atoms with E-state index in [0.717, 1.165) is 30.1 Å². The van der Waals surface area contributed by atoms with Gasteiger partial charge in [-0.3, -0.25) is 10.1 Å². The summed E-state index contributed by atoms with van der Waals surface area (Å²) < 4.78 is 27.2. The Kier molecular flexibility index (Phi) is 5.90. The number of hydrogen-bond acceptors (Lipinski definition) is 9. The van der Waals surface area contributed by atoms with Gasteiger partial charge in [-0.25, -0.2) is 32.9 Å². The minimum Gasteiger partial charge on any atom is -0.368 e. The number of likely N-dealkylation sites (tertiary alicyclic amines) is 1. The van der Waals surface area contributed by atoms with E-state index in [4.69, 9.17) is 5.73 Å². The first kappa shape index (κ1) is 22.9. The highest BCUT2D eigenvalue weighted by Gasteiger charge is 2.43. The molecule has 2 aliphatic heterocycles. The summed E-state index contributed by atoms with van der Waals surface area (Å²) in [5, 5.41) is 2.70. The number of aromatic nitrogens is 3. The van der Waals surface area contributed by atoms with E-state index < -0.39 is 34.0 Å². The Morgan fingerprint density at radius 3 is 2.65 bits per heavy atom. The Morgan fingerprint density at radius 1 is 1.24 bits per heavy atom. The van der Waals surface area contributed by atoms with Gasteiger partial charge in [-0.05, 0) is 38.7 Å². The van der Waals surface area contributed by atoms with Crippen molar-refractivity contribution in [1.29, 1.82) is 0 Å². The summed E-state index contributed by atoms with van der Waals surface area (Å²) in [4.78, 5) is 42.5. The molecule has 2 aromatic rings. The number of rotatable bonds is 7. The van der Waals surface area contributed by atoms with Gasteiger partial charge < -0.3 is 15.5 Å². The van der Waals surface area contributed by atoms with Crippen LogP contribution in [0.5, 0.6) is 0 Å². The molecule has 0 spiro atoms. The van der Waals surface area contributed by atoms with Crippen LogP contribution < -0.4 is 20.7 Å². The van der Waals surface area contributed by atoms with Crippen molar-refractivity contribution in [3.8, 4) is 10.6 Å². The molecular weight excluding hydrogens is 480 g/mol. The number of anilines is 2. The molecular formula is C20H26N8O4S2. The molecule has 3 fully saturated rings. The topological polar surface area (TPSA) is 164 Å². The van der Waals surface area contributed by atoms with Gasteiger partial charge in [0.2, 0.25) is 21.9 Å². The molecule has 0 unspecified atom stereocenters. The quantitative estimate of drug-likeness (QED) is 0.493. The normalized spacial score (nSPS) is 22.5. The fourth-order valence-electron chi connectivity index (χ4n) is 4.12. The Morgan fingerprint density at radius 2 is 2.00 bits per heavy atom. The van der Waals surface area contributed by atoms with Crippen LogP contribution >= 0.6 is 11.3 Å². The van der Waals surface area contributed by atoms with Crippen molar-refractivity contribution >= 4 is 44.4 Å². The number of hydrogen-bond donors (Lipinski definition) is 3. The zero-order valence-corrected chi connectivity index (χ0v) is 20.2. The van der Waals surface area contributed by atoms with Gasteiger partial charge in [0.25, 0.3) is 0 Å². The van der Waals surface area contributed by atoms with Gasteiger partial charge in [-0.1, -0.05) is 11.3 Å². The second-order valence-corrected chi connectivity index (χ2v) is 11.8. The number of primary amides is 1. The van der Waals surface area contributed by atoms with Crippen LogP contribution in [0.25, 0.3) is 10.6 Å². The highest BCUT2D eigenvalue weighted by Crippen LogP contribution is 2.33. The summed E-state index contributed by atoms with van der Waals surface area (Å²) in [6.45, 7) is 3.74. The predicted octanol–water partition coefficient (Wildman–Crippen LogP) is 0.661. The number of carbonyl (C=O) groups excluding carboxylic acids is 2. The second-order valence-electron chi connectivity index (χ2n) is 8.81. The number of urea groups is 1. The van der Waals surface area contributed by atoms with E-state index in [1.165, 1.54) is 16.2 Å². The van der Waals surface area contributed by atoms with Crippen LogP contribution in [0.2, 0.25) is 0 Å². The SMILES string of the molecule is Cc1nc(NC(=O)N2C[C@H](NS(=O)(=O)C3CC3)C[C@H]2C(N)=O)sc1-c1ccnc(N2CCC2)n1. The molecule has 2 atom stereocenters. The average molecular weight is 507 g/mol. The van der Waals surface area contributed by atoms with Crippen molar-refractivity contribution in [2.45, 2.75) is 49.9 Å². The lowest BCUT2D eigenvalue weighted by atomic mass is 10.2. The fourth-order valence-corrected chi connectivity index (χ4v) is 6.63. The third-order valence-electron chi connectivity index (χ3n) is 6.21. The Labute approximate surface area is 201 Å². The maximum atomic E-state index is 13.0. The Hall–Kier alpha value is -2.84. The van der Waals surface area contributed by atoms with E-state index in [1.54, 1.807) is 12.3 Å². The zero-order valence-electron chi connectivity index (χ0n) is 18.6. The van der Waals surface area contributed by atoms with Gasteiger partial charge >= 0.3 is 6.03 Å². The second kappa shape index (κ2) is 8.74. The van der Waals surface area contributed by atoms with Gasteiger partial charge in [0.05, 0.1) is 21.5 Å². The number of thiazole rings is 1. The van der Waals surface area contributed by atoms with Crippen LogP contribution in [-0.4, -0.2) is 77.2 Å². The molecule has 0 radical (unpaired) electrons. The first-order valence-corrected chi connectivity index (χ1v) is 13.5. The Balaban J connectivity index is 1.29. The summed E-state index contributed by atoms with van der Waals surface area (Å²) >= 11 is 1.27. The number of carbonyl (C=O) groups is 2. The minimum absolute atomic E-state index is 0.0493. The molecule has 34 heavy (non-hydrogen) atoms. The van der Waals surface area contributed by atoms with Crippen molar-refractivity contribution in [2.75, 3.05) is 29.9 Å². The van der Waals surface area contributed by atoms with Crippen LogP contribution in [0.3, 0.4) is 0 Å². The van der Waals surface area contributed by atoms with E-state index in [2.05, 4.69) is 29.9 Å². The molecule has 5 rings (SSSR count). The predicted molar refractivity (Wildman–Crippen MR) is 127 cm³/mol. The molecule has 3 aliphatic rings. The van der Waals surface area contributed by atoms with Crippen LogP contribution in [-0.2, 0) is 14.8 Å². The highest BCUT2D eigenvalue weighted by atomic mass is 32.2. The molecule has 0 bridgehead atoms. The number of nitrogens with one attached hydrogen (secondary N) is 2. The van der Waals surface area contributed by atoms with Gasteiger partial charge in [0.1, 0.15) is 6.04 Å². The molecule has 14 heteroatoms. The number of nitrogens with zero attached hydrogens (tertiary/aromatic N) is 5. The van der Waals surface area contributed by atoms with Crippen molar-refractivity contribution in [3.63, 3.8) is 0 Å². The number of amides is 3. The first-order valence-electron chi connectivity index (χ1n) is 11.1. The lowest BCUT2D eigenvalue weighted by Gasteiger charge is -2.30. The van der Waals surface area contributed by atoms with Crippen LogP contribution in [0.4, 0.5) is 15.9 Å². The average Bonchev–Trinajstić information content (AvgIpc) is 3.43. The molecule has 2 aromatic heterocycles. The molecule has 1 saturated carbocycles. The third kappa shape index (κ3) is 4.57. The van der Waals surface area contributed by atoms with Gasteiger partial charge in [-0.2, -0.15) is 0 Å². The van der Waals surface area contributed by atoms with Crippen molar-refractivity contribution in [1.82, 2.24) is 24.6 Å². The summed E-state index contributed by atoms with van der Waals surface area (Å²) in [6, 6.07) is -0.229. The standard InChI is InChI=1S/C20H26N8O4S2/c1-11-16(14-5-6-22-18(24-14)27-7-2-8-27)33-19(23-11)25-20(30)28-10-12(9-15(28)17(21)29)26-34(31,32)13-3-4-13/h5-6,12-13,15,26H,2-4,7-10H2,1H3,(H2,21,29)(H,23,25,30)/t12-,15+/m1/s1. The van der Waals surface area contributed by atoms with Gasteiger partial charge in [0, 0.05) is 31.9 Å². The zero-order chi connectivity index (χ0) is 24.0. The summed E-state index contributed by atoms with van der Waals surface area (Å²) in [5.41, 5.74) is 6.93. The molecule has 0 aromatic carbocycles. The monoisotopic (exact) mass is 506 g/mol. The van der Waals surface area contributed by atoms with Crippen LogP contribution in [0.15, 0.2) is 12.3 Å². The van der Waals surface area contributed by atoms with Crippen molar-refractivity contribution in [3.05, 3.63) is 18.0 Å². The van der Waals surface area contributed by atoms with E-state index in [0.29, 0.717) is 29.6 Å². The third-order valence-corrected chi connectivity index (χ3v) is 9.32. The van der Waals surface area contributed by atoms with E-state index in [9.17, 15) is 18.0 Å². The first-order chi connectivity index (χ1) is 16.2. The summed E-state index contributed by atoms with van der Waals surface area (Å²) in [7, 11) is -3.45. The largest absolute Gasteiger partial charge is 0.368 e. The van der Waals surface area contributed by atoms with E-state index in [1.807, 2.05) is 6.92 Å². The summed E-state index contributed by atoms with van der Waals surface area (Å²) in [6.07, 6.45) is 4.22. The van der Waals surface area contributed by atoms with Crippen LogP contribution in [0.1, 0.15) is 31.4 Å². The maximum Gasteiger partial charge on any atom is 0.324 e. The maximum absolute atomic E-state index is 13.0. The molecule has 4 heterocycles. The minimum atomic E-state index is -3.45. The molecule has 2 saturated heterocycles. The molecule has 4 N–H and O–H groups in total. The van der Waals surface area contributed by atoms with Crippen molar-refractivity contribution in [2.24, 2.45) is 5.73 Å². The van der Waals surface area contributed by atoms with Gasteiger partial charge in [0.15, 0.2) is 5.13 Å². The summed E-state index contributed by atoms with van der Waals surface area (Å²) in [5.74, 6) is -0.0121. The van der Waals surface area contributed by atoms with E-state index >= 15 is 0 Å².